The second-order valence-electron chi connectivity index (χ2n) is 10.8. The van der Waals surface area contributed by atoms with E-state index in [1.807, 2.05) is 53.4 Å². The van der Waals surface area contributed by atoms with E-state index in [2.05, 4.69) is 10.3 Å². The number of nitrogens with zero attached hydrogens (tertiary/aromatic N) is 3. The fraction of sp³-hybridized carbons (Fsp3) is 0.286. The number of carbonyl (C=O) groups is 1. The first-order chi connectivity index (χ1) is 23.0. The molecule has 5 aromatic rings. The fourth-order valence-electron chi connectivity index (χ4n) is 5.03. The number of aliphatic hydroxyl groups is 2. The van der Waals surface area contributed by atoms with Crippen LogP contribution in [-0.2, 0) is 13.2 Å². The van der Waals surface area contributed by atoms with Gasteiger partial charge in [-0.15, -0.1) is 0 Å². The number of hydrogen-bond acceptors (Lipinski definition) is 10. The van der Waals surface area contributed by atoms with Gasteiger partial charge < -0.3 is 24.4 Å². The number of aldehydes is 1. The molecule has 0 saturated heterocycles. The fourth-order valence-corrected chi connectivity index (χ4v) is 5.54. The molecular formula is C35H35Cl2N3O7. The van der Waals surface area contributed by atoms with E-state index >= 15 is 0 Å². The Hall–Kier alpha value is -4.19. The van der Waals surface area contributed by atoms with Crippen LogP contribution in [0.4, 0.5) is 0 Å². The molecule has 0 atom stereocenters. The molecule has 0 saturated carbocycles. The van der Waals surface area contributed by atoms with Crippen LogP contribution in [0.3, 0.4) is 0 Å². The van der Waals surface area contributed by atoms with Gasteiger partial charge in [-0.1, -0.05) is 59.6 Å². The van der Waals surface area contributed by atoms with Crippen LogP contribution in [-0.4, -0.2) is 71.2 Å². The Morgan fingerprint density at radius 1 is 0.787 bits per heavy atom. The SMILES string of the molecule is O=Cc1cc(Cl)c(OCc2cccc(-c3cccc(OCCCCN(CCO)CCO)c3)c2Cl)cc1OCc1ccc2nonc2c1. The molecule has 10 nitrogen and oxygen atoms in total. The molecule has 47 heavy (non-hydrogen) atoms. The number of unbranched alkanes of at least 4 members (excludes halogenated alkanes) is 1. The summed E-state index contributed by atoms with van der Waals surface area (Å²) >= 11 is 13.3. The zero-order valence-corrected chi connectivity index (χ0v) is 27.1. The van der Waals surface area contributed by atoms with Crippen molar-refractivity contribution in [3.05, 3.63) is 99.5 Å². The largest absolute Gasteiger partial charge is 0.494 e. The Bertz CT molecular complexity index is 1780. The number of benzene rings is 4. The number of carbonyl (C=O) groups excluding carboxylic acids is 1. The molecule has 1 aromatic heterocycles. The lowest BCUT2D eigenvalue weighted by atomic mass is 10.0. The maximum absolute atomic E-state index is 11.8. The van der Waals surface area contributed by atoms with Crippen LogP contribution in [0.2, 0.25) is 10.0 Å². The van der Waals surface area contributed by atoms with Crippen LogP contribution in [0.25, 0.3) is 22.2 Å². The maximum Gasteiger partial charge on any atom is 0.153 e. The van der Waals surface area contributed by atoms with Crippen LogP contribution >= 0.6 is 23.2 Å². The highest BCUT2D eigenvalue weighted by Gasteiger charge is 2.15. The highest BCUT2D eigenvalue weighted by molar-refractivity contribution is 6.34. The zero-order chi connectivity index (χ0) is 33.0. The highest BCUT2D eigenvalue weighted by Crippen LogP contribution is 2.36. The molecule has 4 aromatic carbocycles. The van der Waals surface area contributed by atoms with Gasteiger partial charge in [0.15, 0.2) is 6.29 Å². The molecule has 5 rings (SSSR count). The quantitative estimate of drug-likeness (QED) is 0.0771. The monoisotopic (exact) mass is 679 g/mol. The third-order valence-electron chi connectivity index (χ3n) is 7.48. The van der Waals surface area contributed by atoms with Crippen LogP contribution < -0.4 is 14.2 Å². The molecule has 2 N–H and O–H groups in total. The van der Waals surface area contributed by atoms with Gasteiger partial charge in [-0.2, -0.15) is 0 Å². The van der Waals surface area contributed by atoms with E-state index in [1.54, 1.807) is 18.2 Å². The Morgan fingerprint density at radius 3 is 2.38 bits per heavy atom. The van der Waals surface area contributed by atoms with E-state index in [-0.39, 0.29) is 31.5 Å². The first kappa shape index (κ1) is 34.2. The van der Waals surface area contributed by atoms with Gasteiger partial charge in [0.1, 0.15) is 41.5 Å². The first-order valence-corrected chi connectivity index (χ1v) is 15.9. The van der Waals surface area contributed by atoms with Crippen molar-refractivity contribution in [2.75, 3.05) is 39.5 Å². The molecule has 0 aliphatic rings. The molecule has 0 bridgehead atoms. The third-order valence-corrected chi connectivity index (χ3v) is 8.22. The van der Waals surface area contributed by atoms with Crippen molar-refractivity contribution in [2.24, 2.45) is 0 Å². The Kier molecular flexibility index (Phi) is 12.4. The molecule has 0 unspecified atom stereocenters. The van der Waals surface area contributed by atoms with E-state index in [4.69, 9.17) is 42.0 Å². The van der Waals surface area contributed by atoms with E-state index in [0.29, 0.717) is 59.1 Å². The smallest absolute Gasteiger partial charge is 0.153 e. The van der Waals surface area contributed by atoms with Gasteiger partial charge in [0, 0.05) is 30.3 Å². The van der Waals surface area contributed by atoms with Gasteiger partial charge in [0.2, 0.25) is 0 Å². The molecule has 0 aliphatic carbocycles. The normalized spacial score (nSPS) is 11.3. The number of aromatic nitrogens is 2. The van der Waals surface area contributed by atoms with Crippen molar-refractivity contribution in [1.82, 2.24) is 15.2 Å². The summed E-state index contributed by atoms with van der Waals surface area (Å²) < 4.78 is 22.8. The van der Waals surface area contributed by atoms with Crippen molar-refractivity contribution < 1.29 is 33.8 Å². The second kappa shape index (κ2) is 17.1. The Labute approximate surface area is 282 Å². The van der Waals surface area contributed by atoms with E-state index in [1.165, 1.54) is 6.07 Å². The predicted octanol–water partition coefficient (Wildman–Crippen LogP) is 6.61. The summed E-state index contributed by atoms with van der Waals surface area (Å²) in [5.74, 6) is 1.40. The molecule has 0 aliphatic heterocycles. The van der Waals surface area contributed by atoms with Gasteiger partial charge in [0.25, 0.3) is 0 Å². The lowest BCUT2D eigenvalue weighted by Crippen LogP contribution is -2.31. The zero-order valence-electron chi connectivity index (χ0n) is 25.6. The van der Waals surface area contributed by atoms with E-state index in [0.717, 1.165) is 47.4 Å². The number of aliphatic hydroxyl groups excluding tert-OH is 2. The van der Waals surface area contributed by atoms with E-state index < -0.39 is 0 Å². The van der Waals surface area contributed by atoms with Gasteiger partial charge in [-0.3, -0.25) is 9.69 Å². The average molecular weight is 681 g/mol. The third kappa shape index (κ3) is 9.21. The van der Waals surface area contributed by atoms with Gasteiger partial charge in [-0.05, 0) is 71.2 Å². The highest BCUT2D eigenvalue weighted by atomic mass is 35.5. The van der Waals surface area contributed by atoms with E-state index in [9.17, 15) is 15.0 Å². The first-order valence-electron chi connectivity index (χ1n) is 15.2. The summed E-state index contributed by atoms with van der Waals surface area (Å²) in [7, 11) is 0. The molecular weight excluding hydrogens is 645 g/mol. The molecule has 0 radical (unpaired) electrons. The summed E-state index contributed by atoms with van der Waals surface area (Å²) in [5, 5.41) is 26.8. The van der Waals surface area contributed by atoms with Crippen LogP contribution in [0.5, 0.6) is 17.2 Å². The van der Waals surface area contributed by atoms with Crippen molar-refractivity contribution in [3.8, 4) is 28.4 Å². The summed E-state index contributed by atoms with van der Waals surface area (Å²) in [6.07, 6.45) is 2.41. The molecule has 12 heteroatoms. The summed E-state index contributed by atoms with van der Waals surface area (Å²) in [6.45, 7) is 2.86. The standard InChI is InChI=1S/C35H35Cl2N3O7/c36-30-19-27(21-43)33(45-22-24-9-10-31-32(17-24)39-47-38-31)20-34(30)46-23-26-6-4-8-29(35(26)37)25-5-3-7-28(18-25)44-16-2-1-11-40(12-14-41)13-15-42/h3-10,17-21,41-42H,1-2,11-16,22-23H2. The topological polar surface area (TPSA) is 127 Å². The van der Waals surface area contributed by atoms with Crippen LogP contribution in [0, 0.1) is 0 Å². The number of hydrogen-bond donors (Lipinski definition) is 2. The molecule has 0 amide bonds. The predicted molar refractivity (Wildman–Crippen MR) is 180 cm³/mol. The van der Waals surface area contributed by atoms with Crippen molar-refractivity contribution in [1.29, 1.82) is 0 Å². The number of fused-ring (bicyclic) bond motifs is 1. The molecule has 246 valence electrons. The van der Waals surface area contributed by atoms with Gasteiger partial charge >= 0.3 is 0 Å². The summed E-state index contributed by atoms with van der Waals surface area (Å²) in [5.41, 5.74) is 4.83. The summed E-state index contributed by atoms with van der Waals surface area (Å²) in [4.78, 5) is 13.8. The number of ether oxygens (including phenoxy) is 3. The van der Waals surface area contributed by atoms with Gasteiger partial charge in [-0.25, -0.2) is 4.63 Å². The van der Waals surface area contributed by atoms with Crippen LogP contribution in [0.1, 0.15) is 34.3 Å². The maximum atomic E-state index is 11.8. The molecule has 0 fully saturated rings. The number of rotatable bonds is 18. The Balaban J connectivity index is 1.21. The summed E-state index contributed by atoms with van der Waals surface area (Å²) in [6, 6.07) is 22.0. The second-order valence-corrected chi connectivity index (χ2v) is 11.5. The lowest BCUT2D eigenvalue weighted by Gasteiger charge is -2.19. The molecule has 1 heterocycles. The Morgan fingerprint density at radius 2 is 1.57 bits per heavy atom. The van der Waals surface area contributed by atoms with Crippen molar-refractivity contribution >= 4 is 40.5 Å². The van der Waals surface area contributed by atoms with Crippen molar-refractivity contribution in [3.63, 3.8) is 0 Å². The lowest BCUT2D eigenvalue weighted by molar-refractivity contribution is 0.111. The minimum Gasteiger partial charge on any atom is -0.494 e. The minimum atomic E-state index is 0.0694. The van der Waals surface area contributed by atoms with Gasteiger partial charge in [0.05, 0.1) is 35.4 Å². The number of halogens is 2. The average Bonchev–Trinajstić information content (AvgIpc) is 3.56. The minimum absolute atomic E-state index is 0.0694. The molecule has 0 spiro atoms. The van der Waals surface area contributed by atoms with Crippen molar-refractivity contribution in [2.45, 2.75) is 26.1 Å². The van der Waals surface area contributed by atoms with Crippen LogP contribution in [0.15, 0.2) is 77.4 Å².